The zero-order chi connectivity index (χ0) is 35.1. The van der Waals surface area contributed by atoms with Crippen molar-refractivity contribution in [1.82, 2.24) is 9.13 Å². The van der Waals surface area contributed by atoms with Gasteiger partial charge in [-0.05, 0) is 64.7 Å². The number of para-hydroxylation sites is 4. The van der Waals surface area contributed by atoms with Gasteiger partial charge in [0.25, 0.3) is 0 Å². The fraction of sp³-hybridized carbons (Fsp3) is 0.0638. The minimum Gasteiger partial charge on any atom is -0.353 e. The lowest BCUT2D eigenvalue weighted by atomic mass is 9.80. The quantitative estimate of drug-likeness (QED) is 0.203. The smallest absolute Gasteiger partial charge is 0.101 e. The molecule has 0 saturated heterocycles. The number of hydrogen-bond donors (Lipinski definition) is 1. The second kappa shape index (κ2) is 11.0. The molecule has 0 atom stereocenters. The number of nitrogens with one attached hydrogen (secondary N) is 1. The summed E-state index contributed by atoms with van der Waals surface area (Å²) in [5.74, 6) is 0. The molecule has 10 rings (SSSR count). The SMILES string of the molecule is CC1(C)c2ccccc2-c2ccc3c(c21)c1ccccc1n3-c1c(C#N)cc(C#N)c(Nc2ccccc2)c1-n1c2ccccc2c2ccccc21. The van der Waals surface area contributed by atoms with Crippen LogP contribution in [0, 0.1) is 22.7 Å². The normalized spacial score (nSPS) is 12.9. The first-order chi connectivity index (χ1) is 25.5. The summed E-state index contributed by atoms with van der Waals surface area (Å²) in [6.45, 7) is 4.63. The molecule has 0 fully saturated rings. The van der Waals surface area contributed by atoms with Crippen LogP contribution in [0.15, 0.2) is 146 Å². The Morgan fingerprint density at radius 3 is 1.75 bits per heavy atom. The number of nitriles is 2. The van der Waals surface area contributed by atoms with Crippen LogP contribution < -0.4 is 5.32 Å². The summed E-state index contributed by atoms with van der Waals surface area (Å²) in [6.07, 6.45) is 0. The van der Waals surface area contributed by atoms with Crippen molar-refractivity contribution in [1.29, 1.82) is 10.5 Å². The molecule has 5 heteroatoms. The summed E-state index contributed by atoms with van der Waals surface area (Å²) in [4.78, 5) is 0. The maximum absolute atomic E-state index is 11.1. The molecule has 9 aromatic rings. The van der Waals surface area contributed by atoms with E-state index in [0.717, 1.165) is 49.6 Å². The fourth-order valence-corrected chi connectivity index (χ4v) is 8.80. The average Bonchev–Trinajstić information content (AvgIpc) is 3.78. The van der Waals surface area contributed by atoms with E-state index < -0.39 is 0 Å². The summed E-state index contributed by atoms with van der Waals surface area (Å²) in [6, 6.07) is 55.1. The zero-order valence-electron chi connectivity index (χ0n) is 28.6. The van der Waals surface area contributed by atoms with Crippen molar-refractivity contribution in [3.8, 4) is 34.6 Å². The molecule has 244 valence electrons. The van der Waals surface area contributed by atoms with Crippen LogP contribution in [-0.4, -0.2) is 9.13 Å². The Hall–Kier alpha value is -7.08. The summed E-state index contributed by atoms with van der Waals surface area (Å²) in [5, 5.41) is 30.0. The van der Waals surface area contributed by atoms with Crippen molar-refractivity contribution in [2.75, 3.05) is 5.32 Å². The van der Waals surface area contributed by atoms with Gasteiger partial charge >= 0.3 is 0 Å². The van der Waals surface area contributed by atoms with E-state index in [4.69, 9.17) is 0 Å². The molecule has 0 radical (unpaired) electrons. The highest BCUT2D eigenvalue weighted by Gasteiger charge is 2.38. The highest BCUT2D eigenvalue weighted by atomic mass is 15.1. The summed E-state index contributed by atoms with van der Waals surface area (Å²) in [7, 11) is 0. The van der Waals surface area contributed by atoms with Crippen LogP contribution in [0.1, 0.15) is 36.1 Å². The van der Waals surface area contributed by atoms with E-state index in [1.165, 1.54) is 27.6 Å². The molecule has 7 aromatic carbocycles. The minimum absolute atomic E-state index is 0.251. The molecule has 0 aliphatic heterocycles. The third-order valence-corrected chi connectivity index (χ3v) is 10.9. The number of aromatic nitrogens is 2. The summed E-state index contributed by atoms with van der Waals surface area (Å²) >= 11 is 0. The Kier molecular flexibility index (Phi) is 6.28. The van der Waals surface area contributed by atoms with E-state index in [2.05, 4.69) is 137 Å². The highest BCUT2D eigenvalue weighted by Crippen LogP contribution is 2.54. The first-order valence-corrected chi connectivity index (χ1v) is 17.5. The number of anilines is 2. The van der Waals surface area contributed by atoms with Crippen molar-refractivity contribution < 1.29 is 0 Å². The van der Waals surface area contributed by atoms with Gasteiger partial charge in [0, 0.05) is 32.6 Å². The van der Waals surface area contributed by atoms with Crippen LogP contribution in [0.2, 0.25) is 0 Å². The Morgan fingerprint density at radius 1 is 0.519 bits per heavy atom. The minimum atomic E-state index is -0.251. The van der Waals surface area contributed by atoms with Crippen molar-refractivity contribution in [2.24, 2.45) is 0 Å². The van der Waals surface area contributed by atoms with Crippen LogP contribution in [0.4, 0.5) is 11.4 Å². The van der Waals surface area contributed by atoms with Gasteiger partial charge < -0.3 is 14.5 Å². The molecule has 0 bridgehead atoms. The van der Waals surface area contributed by atoms with Crippen LogP contribution in [0.3, 0.4) is 0 Å². The summed E-state index contributed by atoms with van der Waals surface area (Å²) in [5.41, 5.74) is 12.6. The molecule has 0 unspecified atom stereocenters. The lowest BCUT2D eigenvalue weighted by Gasteiger charge is -2.24. The number of fused-ring (bicyclic) bond motifs is 10. The molecule has 5 nitrogen and oxygen atoms in total. The largest absolute Gasteiger partial charge is 0.353 e. The molecular weight excluding hydrogens is 635 g/mol. The molecule has 1 aliphatic carbocycles. The predicted molar refractivity (Wildman–Crippen MR) is 212 cm³/mol. The Morgan fingerprint density at radius 2 is 1.08 bits per heavy atom. The van der Waals surface area contributed by atoms with Crippen molar-refractivity contribution in [3.63, 3.8) is 0 Å². The molecule has 0 spiro atoms. The van der Waals surface area contributed by atoms with Crippen molar-refractivity contribution in [2.45, 2.75) is 19.3 Å². The standard InChI is InChI=1S/C47H31N5/c1-47(2)37-20-10-6-16-32(37)35-24-25-41-42(43(35)47)36-19-9-13-23-40(36)52(41)45-30(28-49)26-29(27-48)44(50-31-14-4-3-5-15-31)46(45)51-38-21-11-7-17-33(38)34-18-8-12-22-39(34)51/h3-26,50H,1-2H3. The molecule has 0 saturated carbocycles. The molecule has 2 aromatic heterocycles. The molecule has 0 amide bonds. The molecule has 52 heavy (non-hydrogen) atoms. The van der Waals surface area contributed by atoms with Crippen LogP contribution in [0.5, 0.6) is 0 Å². The fourth-order valence-electron chi connectivity index (χ4n) is 8.80. The van der Waals surface area contributed by atoms with E-state index >= 15 is 0 Å². The summed E-state index contributed by atoms with van der Waals surface area (Å²) < 4.78 is 4.50. The number of hydrogen-bond acceptors (Lipinski definition) is 3. The van der Waals surface area contributed by atoms with Crippen LogP contribution in [-0.2, 0) is 5.41 Å². The number of nitrogens with zero attached hydrogens (tertiary/aromatic N) is 4. The lowest BCUT2D eigenvalue weighted by molar-refractivity contribution is 0.666. The van der Waals surface area contributed by atoms with Crippen LogP contribution in [0.25, 0.3) is 66.1 Å². The van der Waals surface area contributed by atoms with Crippen molar-refractivity contribution in [3.05, 3.63) is 168 Å². The number of rotatable bonds is 4. The van der Waals surface area contributed by atoms with E-state index in [9.17, 15) is 10.5 Å². The van der Waals surface area contributed by atoms with Gasteiger partial charge in [-0.2, -0.15) is 10.5 Å². The highest BCUT2D eigenvalue weighted by molar-refractivity contribution is 6.16. The van der Waals surface area contributed by atoms with E-state index in [1.54, 1.807) is 6.07 Å². The third-order valence-electron chi connectivity index (χ3n) is 10.9. The van der Waals surface area contributed by atoms with E-state index in [0.29, 0.717) is 22.5 Å². The predicted octanol–water partition coefficient (Wildman–Crippen LogP) is 11.7. The number of benzene rings is 7. The van der Waals surface area contributed by atoms with Gasteiger partial charge in [0.05, 0.1) is 50.3 Å². The van der Waals surface area contributed by atoms with Gasteiger partial charge in [0.1, 0.15) is 12.1 Å². The van der Waals surface area contributed by atoms with Gasteiger partial charge in [-0.25, -0.2) is 0 Å². The van der Waals surface area contributed by atoms with Gasteiger partial charge in [0.2, 0.25) is 0 Å². The van der Waals surface area contributed by atoms with Crippen molar-refractivity contribution >= 4 is 55.0 Å². The zero-order valence-corrected chi connectivity index (χ0v) is 28.6. The maximum atomic E-state index is 11.1. The lowest BCUT2D eigenvalue weighted by Crippen LogP contribution is -2.15. The van der Waals surface area contributed by atoms with Gasteiger partial charge in [-0.1, -0.05) is 117 Å². The molecular formula is C47H31N5. The first kappa shape index (κ1) is 29.8. The van der Waals surface area contributed by atoms with Gasteiger partial charge in [-0.15, -0.1) is 0 Å². The topological polar surface area (TPSA) is 69.5 Å². The first-order valence-electron chi connectivity index (χ1n) is 17.5. The van der Waals surface area contributed by atoms with Gasteiger partial charge in [0.15, 0.2) is 0 Å². The van der Waals surface area contributed by atoms with Crippen LogP contribution >= 0.6 is 0 Å². The van der Waals surface area contributed by atoms with E-state index in [1.807, 2.05) is 42.5 Å². The monoisotopic (exact) mass is 665 g/mol. The molecule has 1 N–H and O–H groups in total. The third kappa shape index (κ3) is 3.97. The average molecular weight is 666 g/mol. The second-order valence-electron chi connectivity index (χ2n) is 14.0. The molecule has 2 heterocycles. The Labute approximate surface area is 300 Å². The Balaban J connectivity index is 1.43. The second-order valence-corrected chi connectivity index (χ2v) is 14.0. The van der Waals surface area contributed by atoms with Gasteiger partial charge in [-0.3, -0.25) is 0 Å². The Bertz CT molecular complexity index is 2980. The van der Waals surface area contributed by atoms with E-state index in [-0.39, 0.29) is 5.41 Å². The maximum Gasteiger partial charge on any atom is 0.101 e. The molecule has 1 aliphatic rings.